The normalized spacial score (nSPS) is 34.2. The van der Waals surface area contributed by atoms with E-state index in [1.165, 1.54) is 31.2 Å². The molecule has 0 aromatic heterocycles. The highest BCUT2D eigenvalue weighted by molar-refractivity contribution is 9.10. The van der Waals surface area contributed by atoms with Crippen LogP contribution in [0.5, 0.6) is 0 Å². The molecule has 4 unspecified atom stereocenters. The minimum Gasteiger partial charge on any atom is -0.324 e. The topological polar surface area (TPSA) is 26.0 Å². The molecule has 2 aliphatic carbocycles. The van der Waals surface area contributed by atoms with Crippen LogP contribution in [-0.2, 0) is 0 Å². The Kier molecular flexibility index (Phi) is 2.80. The van der Waals surface area contributed by atoms with Crippen molar-refractivity contribution in [3.8, 4) is 0 Å². The lowest BCUT2D eigenvalue weighted by Gasteiger charge is -2.28. The molecule has 2 N–H and O–H groups in total. The van der Waals surface area contributed by atoms with Gasteiger partial charge in [-0.2, -0.15) is 0 Å². The van der Waals surface area contributed by atoms with Gasteiger partial charge in [0.1, 0.15) is 0 Å². The maximum Gasteiger partial charge on any atom is 0.0326 e. The summed E-state index contributed by atoms with van der Waals surface area (Å²) in [5.74, 6) is 2.63. The van der Waals surface area contributed by atoms with Gasteiger partial charge in [0, 0.05) is 10.5 Å². The van der Waals surface area contributed by atoms with Crippen molar-refractivity contribution in [2.45, 2.75) is 31.7 Å². The van der Waals surface area contributed by atoms with Crippen molar-refractivity contribution in [2.75, 3.05) is 0 Å². The molecule has 1 aromatic carbocycles. The van der Waals surface area contributed by atoms with Gasteiger partial charge in [-0.25, -0.2) is 0 Å². The van der Waals surface area contributed by atoms with Gasteiger partial charge in [-0.05, 0) is 54.7 Å². The molecule has 2 aliphatic rings. The van der Waals surface area contributed by atoms with Crippen molar-refractivity contribution in [1.29, 1.82) is 0 Å². The summed E-state index contributed by atoms with van der Waals surface area (Å²) in [5.41, 5.74) is 7.73. The van der Waals surface area contributed by atoms with Crippen molar-refractivity contribution in [3.05, 3.63) is 34.3 Å². The second-order valence-corrected chi connectivity index (χ2v) is 6.33. The number of halogens is 1. The average molecular weight is 280 g/mol. The molecule has 0 heterocycles. The molecule has 2 fully saturated rings. The van der Waals surface area contributed by atoms with Crippen LogP contribution in [0.1, 0.15) is 37.3 Å². The minimum absolute atomic E-state index is 0.253. The summed E-state index contributed by atoms with van der Waals surface area (Å²) in [7, 11) is 0. The van der Waals surface area contributed by atoms with E-state index in [1.54, 1.807) is 0 Å². The molecular weight excluding hydrogens is 262 g/mol. The summed E-state index contributed by atoms with van der Waals surface area (Å²) in [5, 5.41) is 0. The van der Waals surface area contributed by atoms with Crippen molar-refractivity contribution >= 4 is 15.9 Å². The Balaban J connectivity index is 1.77. The highest BCUT2D eigenvalue weighted by atomic mass is 79.9. The molecule has 0 aliphatic heterocycles. The van der Waals surface area contributed by atoms with E-state index in [1.807, 2.05) is 0 Å². The summed E-state index contributed by atoms with van der Waals surface area (Å²) in [6, 6.07) is 8.79. The minimum atomic E-state index is 0.253. The van der Waals surface area contributed by atoms with Gasteiger partial charge in [0.2, 0.25) is 0 Å². The van der Waals surface area contributed by atoms with Crippen LogP contribution in [-0.4, -0.2) is 0 Å². The van der Waals surface area contributed by atoms with E-state index in [4.69, 9.17) is 5.73 Å². The zero-order valence-corrected chi connectivity index (χ0v) is 11.0. The monoisotopic (exact) mass is 279 g/mol. The summed E-state index contributed by atoms with van der Waals surface area (Å²) in [6.07, 6.45) is 5.67. The molecule has 0 spiro atoms. The molecule has 86 valence electrons. The van der Waals surface area contributed by atoms with E-state index in [2.05, 4.69) is 40.2 Å². The maximum atomic E-state index is 6.42. The Morgan fingerprint density at radius 2 is 1.88 bits per heavy atom. The molecule has 0 saturated heterocycles. The van der Waals surface area contributed by atoms with E-state index in [0.29, 0.717) is 0 Å². The third-order valence-electron chi connectivity index (χ3n) is 4.51. The predicted octanol–water partition coefficient (Wildman–Crippen LogP) is 3.89. The second-order valence-electron chi connectivity index (χ2n) is 5.42. The molecule has 0 amide bonds. The van der Waals surface area contributed by atoms with Crippen LogP contribution in [0.2, 0.25) is 0 Å². The van der Waals surface area contributed by atoms with Crippen LogP contribution in [0.3, 0.4) is 0 Å². The number of nitrogens with two attached hydrogens (primary N) is 1. The van der Waals surface area contributed by atoms with Crippen LogP contribution < -0.4 is 5.73 Å². The van der Waals surface area contributed by atoms with E-state index < -0.39 is 0 Å². The Morgan fingerprint density at radius 3 is 2.44 bits per heavy atom. The fraction of sp³-hybridized carbons (Fsp3) is 0.571. The van der Waals surface area contributed by atoms with E-state index in [9.17, 15) is 0 Å². The molecule has 2 saturated carbocycles. The third kappa shape index (κ3) is 1.82. The van der Waals surface area contributed by atoms with E-state index >= 15 is 0 Å². The number of benzene rings is 1. The Bertz CT molecular complexity index is 373. The molecule has 2 bridgehead atoms. The first-order valence-electron chi connectivity index (χ1n) is 6.25. The van der Waals surface area contributed by atoms with Gasteiger partial charge in [-0.1, -0.05) is 34.5 Å². The van der Waals surface area contributed by atoms with Crippen molar-refractivity contribution in [1.82, 2.24) is 0 Å². The standard InChI is InChI=1S/C14H18BrN/c15-12-5-3-10(4-6-12)14(16)13-8-9-1-2-11(13)7-9/h3-6,9,11,13-14H,1-2,7-8,16H2. The summed E-state index contributed by atoms with van der Waals surface area (Å²) in [4.78, 5) is 0. The summed E-state index contributed by atoms with van der Waals surface area (Å²) in [6.45, 7) is 0. The highest BCUT2D eigenvalue weighted by Crippen LogP contribution is 2.51. The molecule has 1 nitrogen and oxygen atoms in total. The molecule has 16 heavy (non-hydrogen) atoms. The first-order chi connectivity index (χ1) is 7.74. The maximum absolute atomic E-state index is 6.42. The molecule has 3 rings (SSSR count). The van der Waals surface area contributed by atoms with Gasteiger partial charge in [0.05, 0.1) is 0 Å². The van der Waals surface area contributed by atoms with Crippen LogP contribution >= 0.6 is 15.9 Å². The van der Waals surface area contributed by atoms with Gasteiger partial charge in [0.15, 0.2) is 0 Å². The van der Waals surface area contributed by atoms with E-state index in [0.717, 1.165) is 22.2 Å². The molecular formula is C14H18BrN. The Labute approximate surface area is 106 Å². The van der Waals surface area contributed by atoms with Crippen LogP contribution in [0.4, 0.5) is 0 Å². The van der Waals surface area contributed by atoms with Crippen LogP contribution in [0, 0.1) is 17.8 Å². The zero-order chi connectivity index (χ0) is 11.1. The largest absolute Gasteiger partial charge is 0.324 e. The lowest BCUT2D eigenvalue weighted by molar-refractivity contribution is 0.284. The number of fused-ring (bicyclic) bond motifs is 2. The second kappa shape index (κ2) is 4.15. The fourth-order valence-corrected chi connectivity index (χ4v) is 3.93. The molecule has 4 atom stereocenters. The number of hydrogen-bond donors (Lipinski definition) is 1. The molecule has 1 aromatic rings. The fourth-order valence-electron chi connectivity index (χ4n) is 3.67. The zero-order valence-electron chi connectivity index (χ0n) is 9.40. The van der Waals surface area contributed by atoms with Crippen molar-refractivity contribution in [2.24, 2.45) is 23.5 Å². The lowest BCUT2D eigenvalue weighted by atomic mass is 9.81. The van der Waals surface area contributed by atoms with Crippen LogP contribution in [0.25, 0.3) is 0 Å². The first kappa shape index (κ1) is 10.8. The van der Waals surface area contributed by atoms with Gasteiger partial charge in [-0.15, -0.1) is 0 Å². The number of hydrogen-bond acceptors (Lipinski definition) is 1. The van der Waals surface area contributed by atoms with E-state index in [-0.39, 0.29) is 6.04 Å². The Hall–Kier alpha value is -0.340. The Morgan fingerprint density at radius 1 is 1.12 bits per heavy atom. The van der Waals surface area contributed by atoms with Crippen molar-refractivity contribution < 1.29 is 0 Å². The summed E-state index contributed by atoms with van der Waals surface area (Å²) < 4.78 is 1.14. The quantitative estimate of drug-likeness (QED) is 0.874. The van der Waals surface area contributed by atoms with Gasteiger partial charge >= 0.3 is 0 Å². The first-order valence-corrected chi connectivity index (χ1v) is 7.04. The van der Waals surface area contributed by atoms with Gasteiger partial charge in [-0.3, -0.25) is 0 Å². The molecule has 0 radical (unpaired) electrons. The van der Waals surface area contributed by atoms with Crippen molar-refractivity contribution in [3.63, 3.8) is 0 Å². The summed E-state index contributed by atoms with van der Waals surface area (Å²) >= 11 is 3.47. The number of rotatable bonds is 2. The smallest absolute Gasteiger partial charge is 0.0326 e. The average Bonchev–Trinajstić information content (AvgIpc) is 2.91. The third-order valence-corrected chi connectivity index (χ3v) is 5.04. The predicted molar refractivity (Wildman–Crippen MR) is 70.0 cm³/mol. The lowest BCUT2D eigenvalue weighted by Crippen LogP contribution is -2.25. The van der Waals surface area contributed by atoms with Crippen LogP contribution in [0.15, 0.2) is 28.7 Å². The molecule has 2 heteroatoms. The van der Waals surface area contributed by atoms with Gasteiger partial charge < -0.3 is 5.73 Å². The SMILES string of the molecule is NC(c1ccc(Br)cc1)C1CC2CCC1C2. The highest BCUT2D eigenvalue weighted by Gasteiger charge is 2.42. The van der Waals surface area contributed by atoms with Gasteiger partial charge in [0.25, 0.3) is 0 Å².